The van der Waals surface area contributed by atoms with Crippen LogP contribution < -0.4 is 10.6 Å². The Balaban J connectivity index is 2.24. The van der Waals surface area contributed by atoms with Gasteiger partial charge < -0.3 is 20.2 Å². The average molecular weight is 407 g/mol. The molecule has 1 aromatic carbocycles. The number of amides is 2. The van der Waals surface area contributed by atoms with E-state index in [1.54, 1.807) is 36.4 Å². The Hall–Kier alpha value is -2.87. The van der Waals surface area contributed by atoms with Crippen LogP contribution >= 0.6 is 15.9 Å². The van der Waals surface area contributed by atoms with Crippen molar-refractivity contribution in [3.05, 3.63) is 64.2 Å². The van der Waals surface area contributed by atoms with E-state index in [1.165, 1.54) is 19.3 Å². The fourth-order valence-corrected chi connectivity index (χ4v) is 2.23. The summed E-state index contributed by atoms with van der Waals surface area (Å²) < 4.78 is 5.85. The van der Waals surface area contributed by atoms with Crippen LogP contribution in [0.15, 0.2) is 57.2 Å². The number of nitrogens with one attached hydrogen (secondary N) is 2. The van der Waals surface area contributed by atoms with Crippen molar-refractivity contribution in [3.63, 3.8) is 0 Å². The summed E-state index contributed by atoms with van der Waals surface area (Å²) in [6.07, 6.45) is 2.73. The summed E-state index contributed by atoms with van der Waals surface area (Å²) in [5.74, 6) is -2.11. The van der Waals surface area contributed by atoms with Gasteiger partial charge in [0.15, 0.2) is 0 Å². The molecule has 0 unspecified atom stereocenters. The van der Waals surface area contributed by atoms with E-state index in [0.717, 1.165) is 0 Å². The van der Waals surface area contributed by atoms with Crippen molar-refractivity contribution in [1.82, 2.24) is 10.6 Å². The van der Waals surface area contributed by atoms with Crippen molar-refractivity contribution in [3.8, 4) is 0 Å². The number of aliphatic carboxylic acids is 1. The number of halogens is 1. The highest BCUT2D eigenvalue weighted by Gasteiger charge is 2.20. The lowest BCUT2D eigenvalue weighted by atomic mass is 10.2. The second kappa shape index (κ2) is 8.29. The van der Waals surface area contributed by atoms with Gasteiger partial charge in [-0.1, -0.05) is 22.0 Å². The summed E-state index contributed by atoms with van der Waals surface area (Å²) in [4.78, 5) is 35.6. The highest BCUT2D eigenvalue weighted by Crippen LogP contribution is 2.13. The van der Waals surface area contributed by atoms with Gasteiger partial charge in [0.1, 0.15) is 17.5 Å². The van der Waals surface area contributed by atoms with Crippen LogP contribution in [0.2, 0.25) is 0 Å². The van der Waals surface area contributed by atoms with Gasteiger partial charge >= 0.3 is 5.97 Å². The van der Waals surface area contributed by atoms with E-state index >= 15 is 0 Å². The Morgan fingerprint density at radius 2 is 2.00 bits per heavy atom. The number of carboxylic acid groups (broad SMARTS) is 1. The Morgan fingerprint density at radius 1 is 1.24 bits per heavy atom. The molecule has 0 radical (unpaired) electrons. The molecule has 0 aliphatic heterocycles. The van der Waals surface area contributed by atoms with Crippen LogP contribution in [-0.2, 0) is 9.59 Å². The molecule has 0 fully saturated rings. The van der Waals surface area contributed by atoms with E-state index < -0.39 is 23.8 Å². The molecule has 2 rings (SSSR count). The van der Waals surface area contributed by atoms with Crippen molar-refractivity contribution in [2.24, 2.45) is 0 Å². The number of benzene rings is 1. The lowest BCUT2D eigenvalue weighted by molar-refractivity contribution is -0.140. The Labute approximate surface area is 151 Å². The first kappa shape index (κ1) is 18.5. The molecule has 3 N–H and O–H groups in total. The lowest BCUT2D eigenvalue weighted by Crippen LogP contribution is -2.42. The standard InChI is InChI=1S/C17H15BrN2O5/c1-10(17(23)24)19-16(22)14(9-13-6-3-7-25-13)20-15(21)11-4-2-5-12(18)8-11/h2-10H,1H3,(H,19,22)(H,20,21)(H,23,24)/b14-9+/t10-/m1/s1. The molecule has 1 atom stereocenters. The van der Waals surface area contributed by atoms with E-state index in [-0.39, 0.29) is 5.70 Å². The average Bonchev–Trinajstić information content (AvgIpc) is 3.07. The highest BCUT2D eigenvalue weighted by molar-refractivity contribution is 9.10. The largest absolute Gasteiger partial charge is 0.480 e. The molecule has 130 valence electrons. The zero-order chi connectivity index (χ0) is 18.4. The SMILES string of the molecule is C[C@@H](NC(=O)/C(=C\c1ccco1)NC(=O)c1cccc(Br)c1)C(=O)O. The van der Waals surface area contributed by atoms with E-state index in [4.69, 9.17) is 9.52 Å². The molecule has 0 saturated carbocycles. The predicted molar refractivity (Wildman–Crippen MR) is 93.5 cm³/mol. The molecule has 2 amide bonds. The van der Waals surface area contributed by atoms with Gasteiger partial charge in [0.25, 0.3) is 11.8 Å². The van der Waals surface area contributed by atoms with Gasteiger partial charge in [-0.15, -0.1) is 0 Å². The van der Waals surface area contributed by atoms with Crippen LogP contribution in [0.25, 0.3) is 6.08 Å². The van der Waals surface area contributed by atoms with Crippen LogP contribution in [0, 0.1) is 0 Å². The number of hydrogen-bond donors (Lipinski definition) is 3. The van der Waals surface area contributed by atoms with Crippen LogP contribution in [0.4, 0.5) is 0 Å². The third kappa shape index (κ3) is 5.32. The van der Waals surface area contributed by atoms with Gasteiger partial charge in [0.05, 0.1) is 6.26 Å². The molecule has 1 aromatic heterocycles. The normalized spacial score (nSPS) is 12.3. The summed E-state index contributed by atoms with van der Waals surface area (Å²) in [6, 6.07) is 8.73. The summed E-state index contributed by atoms with van der Waals surface area (Å²) in [5.41, 5.74) is 0.201. The summed E-state index contributed by atoms with van der Waals surface area (Å²) in [5, 5.41) is 13.7. The molecular weight excluding hydrogens is 392 g/mol. The second-order valence-electron chi connectivity index (χ2n) is 5.07. The van der Waals surface area contributed by atoms with Crippen molar-refractivity contribution >= 4 is 39.8 Å². The maximum atomic E-state index is 12.4. The third-order valence-electron chi connectivity index (χ3n) is 3.13. The van der Waals surface area contributed by atoms with E-state index in [2.05, 4.69) is 26.6 Å². The van der Waals surface area contributed by atoms with Crippen molar-refractivity contribution in [2.75, 3.05) is 0 Å². The van der Waals surface area contributed by atoms with Crippen molar-refractivity contribution in [2.45, 2.75) is 13.0 Å². The van der Waals surface area contributed by atoms with Crippen LogP contribution in [0.3, 0.4) is 0 Å². The minimum atomic E-state index is -1.19. The lowest BCUT2D eigenvalue weighted by Gasteiger charge is -2.13. The number of rotatable bonds is 6. The number of carbonyl (C=O) groups is 3. The first-order valence-corrected chi connectivity index (χ1v) is 8.02. The molecule has 8 heteroatoms. The van der Waals surface area contributed by atoms with E-state index in [9.17, 15) is 14.4 Å². The molecule has 0 aliphatic rings. The van der Waals surface area contributed by atoms with Gasteiger partial charge in [0.2, 0.25) is 0 Å². The predicted octanol–water partition coefficient (Wildman–Crippen LogP) is 2.40. The van der Waals surface area contributed by atoms with Crippen molar-refractivity contribution in [1.29, 1.82) is 0 Å². The van der Waals surface area contributed by atoms with Crippen LogP contribution in [-0.4, -0.2) is 28.9 Å². The molecule has 1 heterocycles. The van der Waals surface area contributed by atoms with Gasteiger partial charge in [0, 0.05) is 16.1 Å². The second-order valence-corrected chi connectivity index (χ2v) is 5.99. The topological polar surface area (TPSA) is 109 Å². The quantitative estimate of drug-likeness (QED) is 0.638. The Kier molecular flexibility index (Phi) is 6.13. The molecule has 0 spiro atoms. The molecule has 0 bridgehead atoms. The fourth-order valence-electron chi connectivity index (χ4n) is 1.83. The fraction of sp³-hybridized carbons (Fsp3) is 0.118. The zero-order valence-electron chi connectivity index (χ0n) is 13.2. The summed E-state index contributed by atoms with van der Waals surface area (Å²) in [7, 11) is 0. The maximum Gasteiger partial charge on any atom is 0.325 e. The van der Waals surface area contributed by atoms with E-state index in [1.807, 2.05) is 0 Å². The van der Waals surface area contributed by atoms with Gasteiger partial charge in [-0.2, -0.15) is 0 Å². The van der Waals surface area contributed by atoms with Crippen molar-refractivity contribution < 1.29 is 23.9 Å². The Morgan fingerprint density at radius 3 is 2.60 bits per heavy atom. The molecule has 25 heavy (non-hydrogen) atoms. The minimum absolute atomic E-state index is 0.131. The highest BCUT2D eigenvalue weighted by atomic mass is 79.9. The summed E-state index contributed by atoms with van der Waals surface area (Å²) >= 11 is 3.27. The van der Waals surface area contributed by atoms with E-state index in [0.29, 0.717) is 15.8 Å². The number of hydrogen-bond acceptors (Lipinski definition) is 4. The monoisotopic (exact) mass is 406 g/mol. The molecule has 0 saturated heterocycles. The smallest absolute Gasteiger partial charge is 0.325 e. The molecule has 0 aliphatic carbocycles. The number of carbonyl (C=O) groups excluding carboxylic acids is 2. The minimum Gasteiger partial charge on any atom is -0.480 e. The maximum absolute atomic E-state index is 12.4. The molecular formula is C17H15BrN2O5. The van der Waals surface area contributed by atoms with Gasteiger partial charge in [-0.3, -0.25) is 14.4 Å². The van der Waals surface area contributed by atoms with Gasteiger partial charge in [-0.25, -0.2) is 0 Å². The molecule has 2 aromatic rings. The third-order valence-corrected chi connectivity index (χ3v) is 3.62. The van der Waals surface area contributed by atoms with Gasteiger partial charge in [-0.05, 0) is 37.3 Å². The Bertz CT molecular complexity index is 814. The van der Waals surface area contributed by atoms with Crippen LogP contribution in [0.5, 0.6) is 0 Å². The summed E-state index contributed by atoms with van der Waals surface area (Å²) in [6.45, 7) is 1.32. The van der Waals surface area contributed by atoms with Crippen LogP contribution in [0.1, 0.15) is 23.0 Å². The first-order valence-electron chi connectivity index (χ1n) is 7.22. The zero-order valence-corrected chi connectivity index (χ0v) is 14.7. The number of furan rings is 1. The number of carboxylic acids is 1. The first-order chi connectivity index (χ1) is 11.9. The molecule has 7 nitrogen and oxygen atoms in total.